The fraction of sp³-hybridized carbons (Fsp3) is 0.697. The Labute approximate surface area is 257 Å². The summed E-state index contributed by atoms with van der Waals surface area (Å²) in [6, 6.07) is 6.42. The maximum absolute atomic E-state index is 14.3. The molecule has 2 aliphatic rings. The van der Waals surface area contributed by atoms with E-state index in [9.17, 15) is 24.3 Å². The number of carbonyl (C=O) groups is 4. The molecule has 0 aromatic heterocycles. The van der Waals surface area contributed by atoms with Gasteiger partial charge in [-0.15, -0.1) is 0 Å². The monoisotopic (exact) mass is 599 g/mol. The molecule has 1 aliphatic carbocycles. The van der Waals surface area contributed by atoms with Crippen LogP contribution in [0.3, 0.4) is 0 Å². The molecule has 1 heterocycles. The molecule has 0 radical (unpaired) electrons. The van der Waals surface area contributed by atoms with Gasteiger partial charge < -0.3 is 20.6 Å². The molecule has 1 saturated heterocycles. The first-order valence-corrected chi connectivity index (χ1v) is 15.7. The Morgan fingerprint density at radius 1 is 1.05 bits per heavy atom. The number of nitrogens with zero attached hydrogens (tertiary/aromatic N) is 3. The molecule has 240 valence electrons. The zero-order chi connectivity index (χ0) is 32.3. The summed E-state index contributed by atoms with van der Waals surface area (Å²) >= 11 is 0. The zero-order valence-corrected chi connectivity index (χ0v) is 27.6. The first-order chi connectivity index (χ1) is 20.0. The van der Waals surface area contributed by atoms with Crippen molar-refractivity contribution in [3.8, 4) is 0 Å². The second kappa shape index (κ2) is 13.7. The Morgan fingerprint density at radius 3 is 2.28 bits per heavy atom. The van der Waals surface area contributed by atoms with E-state index in [1.165, 1.54) is 12.6 Å². The number of hydrogen-bond acceptors (Lipinski definition) is 5. The quantitative estimate of drug-likeness (QED) is 0.396. The van der Waals surface area contributed by atoms with Crippen molar-refractivity contribution in [2.45, 2.75) is 98.3 Å². The molecule has 1 aromatic carbocycles. The van der Waals surface area contributed by atoms with E-state index in [4.69, 9.17) is 0 Å². The van der Waals surface area contributed by atoms with E-state index in [1.54, 1.807) is 32.6 Å². The summed E-state index contributed by atoms with van der Waals surface area (Å²) in [5.74, 6) is -0.956. The van der Waals surface area contributed by atoms with Gasteiger partial charge >= 0.3 is 6.09 Å². The van der Waals surface area contributed by atoms with Crippen LogP contribution in [0.2, 0.25) is 0 Å². The number of aryl methyl sites for hydroxylation is 1. The lowest BCUT2D eigenvalue weighted by Gasteiger charge is -2.47. The van der Waals surface area contributed by atoms with E-state index in [2.05, 4.69) is 41.5 Å². The molecular formula is C33H53N5O5. The highest BCUT2D eigenvalue weighted by Crippen LogP contribution is 2.36. The van der Waals surface area contributed by atoms with Crippen molar-refractivity contribution in [1.82, 2.24) is 25.3 Å². The molecule has 0 saturated carbocycles. The van der Waals surface area contributed by atoms with Gasteiger partial charge in [-0.3, -0.25) is 24.2 Å². The molecular weight excluding hydrogens is 546 g/mol. The lowest BCUT2D eigenvalue weighted by Crippen LogP contribution is -2.68. The molecule has 1 aromatic rings. The highest BCUT2D eigenvalue weighted by molar-refractivity contribution is 5.96. The number of piperazine rings is 1. The van der Waals surface area contributed by atoms with Crippen LogP contribution in [0.5, 0.6) is 0 Å². The van der Waals surface area contributed by atoms with Crippen molar-refractivity contribution in [2.24, 2.45) is 17.3 Å². The van der Waals surface area contributed by atoms with Crippen LogP contribution in [0.1, 0.15) is 85.4 Å². The van der Waals surface area contributed by atoms with Gasteiger partial charge in [0.25, 0.3) is 0 Å². The third-order valence-corrected chi connectivity index (χ3v) is 9.44. The number of nitrogens with one attached hydrogen (secondary N) is 2. The van der Waals surface area contributed by atoms with E-state index in [0.717, 1.165) is 36.3 Å². The fourth-order valence-corrected chi connectivity index (χ4v) is 6.34. The van der Waals surface area contributed by atoms with Gasteiger partial charge in [0.2, 0.25) is 17.7 Å². The largest absolute Gasteiger partial charge is 0.465 e. The van der Waals surface area contributed by atoms with Gasteiger partial charge in [0.1, 0.15) is 17.6 Å². The van der Waals surface area contributed by atoms with Crippen LogP contribution in [-0.2, 0) is 20.8 Å². The molecule has 0 bridgehead atoms. The highest BCUT2D eigenvalue weighted by atomic mass is 16.4. The molecule has 4 atom stereocenters. The van der Waals surface area contributed by atoms with Crippen LogP contribution in [0, 0.1) is 17.3 Å². The molecule has 4 amide bonds. The summed E-state index contributed by atoms with van der Waals surface area (Å²) in [5, 5.41) is 16.0. The molecule has 0 spiro atoms. The van der Waals surface area contributed by atoms with Gasteiger partial charge in [0.05, 0.1) is 6.04 Å². The second-order valence-electron chi connectivity index (χ2n) is 14.2. The van der Waals surface area contributed by atoms with Crippen LogP contribution in [0.4, 0.5) is 4.79 Å². The molecule has 3 rings (SSSR count). The Balaban J connectivity index is 1.90. The Bertz CT molecular complexity index is 1180. The van der Waals surface area contributed by atoms with Crippen molar-refractivity contribution in [2.75, 3.05) is 33.2 Å². The van der Waals surface area contributed by atoms with Crippen LogP contribution >= 0.6 is 0 Å². The Kier molecular flexibility index (Phi) is 10.9. The molecule has 1 aliphatic heterocycles. The van der Waals surface area contributed by atoms with Crippen molar-refractivity contribution in [1.29, 1.82) is 0 Å². The smallest absolute Gasteiger partial charge is 0.407 e. The van der Waals surface area contributed by atoms with E-state index in [1.807, 2.05) is 26.0 Å². The van der Waals surface area contributed by atoms with E-state index < -0.39 is 35.0 Å². The number of fused-ring (bicyclic) bond motifs is 1. The number of rotatable bonds is 9. The normalized spacial score (nSPS) is 21.5. The summed E-state index contributed by atoms with van der Waals surface area (Å²) in [4.78, 5) is 59.0. The minimum Gasteiger partial charge on any atom is -0.465 e. The fourth-order valence-electron chi connectivity index (χ4n) is 6.34. The summed E-state index contributed by atoms with van der Waals surface area (Å²) in [6.45, 7) is 17.2. The summed E-state index contributed by atoms with van der Waals surface area (Å²) < 4.78 is 0. The first-order valence-electron chi connectivity index (χ1n) is 15.7. The topological polar surface area (TPSA) is 122 Å². The second-order valence-corrected chi connectivity index (χ2v) is 14.2. The molecule has 43 heavy (non-hydrogen) atoms. The Morgan fingerprint density at radius 2 is 1.70 bits per heavy atom. The third kappa shape index (κ3) is 7.51. The summed E-state index contributed by atoms with van der Waals surface area (Å²) in [7, 11) is 1.37. The average molecular weight is 600 g/mol. The van der Waals surface area contributed by atoms with Crippen LogP contribution < -0.4 is 10.6 Å². The Hall–Kier alpha value is -3.14. The van der Waals surface area contributed by atoms with Gasteiger partial charge in [-0.25, -0.2) is 4.79 Å². The van der Waals surface area contributed by atoms with Crippen molar-refractivity contribution < 1.29 is 24.3 Å². The number of carboxylic acid groups (broad SMARTS) is 1. The van der Waals surface area contributed by atoms with Gasteiger partial charge in [0, 0.05) is 33.2 Å². The molecule has 3 N–H and O–H groups in total. The maximum Gasteiger partial charge on any atom is 0.407 e. The van der Waals surface area contributed by atoms with E-state index in [0.29, 0.717) is 25.6 Å². The zero-order valence-electron chi connectivity index (χ0n) is 27.6. The summed E-state index contributed by atoms with van der Waals surface area (Å²) in [5.41, 5.74) is 0.155. The first kappa shape index (κ1) is 34.4. The van der Waals surface area contributed by atoms with Gasteiger partial charge in [-0.05, 0) is 54.6 Å². The molecule has 10 nitrogen and oxygen atoms in total. The number of amides is 4. The number of likely N-dealkylation sites (N-methyl/N-ethyl adjacent to an activating group) is 1. The van der Waals surface area contributed by atoms with Crippen molar-refractivity contribution in [3.63, 3.8) is 0 Å². The van der Waals surface area contributed by atoms with Gasteiger partial charge in [0.15, 0.2) is 0 Å². The summed E-state index contributed by atoms with van der Waals surface area (Å²) in [6.07, 6.45) is 1.57. The number of benzene rings is 1. The van der Waals surface area contributed by atoms with Gasteiger partial charge in [-0.2, -0.15) is 0 Å². The van der Waals surface area contributed by atoms with E-state index in [-0.39, 0.29) is 23.8 Å². The predicted molar refractivity (Wildman–Crippen MR) is 167 cm³/mol. The van der Waals surface area contributed by atoms with E-state index >= 15 is 0 Å². The number of carbonyl (C=O) groups excluding carboxylic acids is 3. The maximum atomic E-state index is 14.3. The average Bonchev–Trinajstić information content (AvgIpc) is 2.93. The number of hydrogen-bond donors (Lipinski definition) is 3. The van der Waals surface area contributed by atoms with Gasteiger partial charge in [-0.1, -0.05) is 72.7 Å². The predicted octanol–water partition coefficient (Wildman–Crippen LogP) is 3.90. The highest BCUT2D eigenvalue weighted by Gasteiger charge is 2.51. The SMILES string of the molecule is CC(C)CN1CCN(C(=O)[C@@H](NC(=O)[C@@](C)(N(C)C(=O)O)C(C)(C)C)C(C)C)[C@H](C(=O)N[C@@H]2CCCc3ccccc32)C1. The third-order valence-electron chi connectivity index (χ3n) is 9.44. The minimum atomic E-state index is -1.45. The van der Waals surface area contributed by atoms with Crippen LogP contribution in [-0.4, -0.2) is 94.5 Å². The molecule has 0 unspecified atom stereocenters. The van der Waals surface area contributed by atoms with Crippen LogP contribution in [0.15, 0.2) is 24.3 Å². The standard InChI is InChI=1S/C33H53N5O5/c1-21(2)19-37-17-18-38(26(20-37)28(39)34-25-16-12-14-23-13-10-11-15-24(23)25)29(40)27(22(3)4)35-30(41)33(8,32(5,6)7)36(9)31(42)43/h10-11,13,15,21-22,25-27H,12,14,16-20H2,1-9H3,(H,34,39)(H,35,41)(H,42,43)/t25-,26+,27+,33-/m1/s1. The van der Waals surface area contributed by atoms with Crippen LogP contribution in [0.25, 0.3) is 0 Å². The van der Waals surface area contributed by atoms with Crippen molar-refractivity contribution >= 4 is 23.8 Å². The lowest BCUT2D eigenvalue weighted by molar-refractivity contribution is -0.150. The van der Waals surface area contributed by atoms with Crippen molar-refractivity contribution in [3.05, 3.63) is 35.4 Å². The molecule has 10 heteroatoms. The minimum absolute atomic E-state index is 0.116. The molecule has 1 fully saturated rings. The lowest BCUT2D eigenvalue weighted by atomic mass is 9.73.